The van der Waals surface area contributed by atoms with E-state index >= 15 is 0 Å². The van der Waals surface area contributed by atoms with Crippen molar-refractivity contribution >= 4 is 34.3 Å². The highest BCUT2D eigenvalue weighted by Gasteiger charge is 2.16. The number of aromatic nitrogens is 1. The number of hydrogen-bond donors (Lipinski definition) is 1. The molecule has 3 nitrogen and oxygen atoms in total. The first kappa shape index (κ1) is 20.4. The van der Waals surface area contributed by atoms with Crippen LogP contribution in [0.25, 0.3) is 10.9 Å². The van der Waals surface area contributed by atoms with Crippen molar-refractivity contribution in [3.05, 3.63) is 65.2 Å². The Morgan fingerprint density at radius 1 is 1.00 bits per heavy atom. The molecule has 1 heterocycles. The van der Waals surface area contributed by atoms with Gasteiger partial charge in [0, 0.05) is 11.1 Å². The summed E-state index contributed by atoms with van der Waals surface area (Å²) >= 11 is 1.48. The van der Waals surface area contributed by atoms with Gasteiger partial charge in [-0.3, -0.25) is 4.79 Å². The smallest absolute Gasteiger partial charge is 0.234 e. The number of rotatable bonds is 6. The molecule has 3 aromatic rings. The second kappa shape index (κ2) is 8.78. The van der Waals surface area contributed by atoms with E-state index in [0.717, 1.165) is 21.6 Å². The zero-order valence-corrected chi connectivity index (χ0v) is 18.1. The van der Waals surface area contributed by atoms with E-state index in [1.165, 1.54) is 28.5 Å². The van der Waals surface area contributed by atoms with E-state index in [4.69, 9.17) is 0 Å². The lowest BCUT2D eigenvalue weighted by molar-refractivity contribution is -0.113. The summed E-state index contributed by atoms with van der Waals surface area (Å²) in [6, 6.07) is 16.5. The number of hydrogen-bond acceptors (Lipinski definition) is 3. The van der Waals surface area contributed by atoms with Crippen LogP contribution in [0.5, 0.6) is 0 Å². The Hall–Kier alpha value is -2.33. The summed E-state index contributed by atoms with van der Waals surface area (Å²) in [7, 11) is 0. The first-order chi connectivity index (χ1) is 13.4. The van der Waals surface area contributed by atoms with Crippen LogP contribution < -0.4 is 5.32 Å². The van der Waals surface area contributed by atoms with Gasteiger partial charge in [0.05, 0.1) is 16.3 Å². The zero-order chi connectivity index (χ0) is 20.3. The van der Waals surface area contributed by atoms with Crippen molar-refractivity contribution in [1.82, 2.24) is 4.98 Å². The molecule has 0 unspecified atom stereocenters. The molecule has 1 aromatic heterocycles. The lowest BCUT2D eigenvalue weighted by atomic mass is 9.92. The van der Waals surface area contributed by atoms with Gasteiger partial charge in [-0.1, -0.05) is 75.9 Å². The number of nitrogens with one attached hydrogen (secondary N) is 1. The van der Waals surface area contributed by atoms with E-state index in [-0.39, 0.29) is 5.91 Å². The molecule has 0 fully saturated rings. The average molecular weight is 393 g/mol. The molecule has 2 aromatic carbocycles. The molecule has 28 heavy (non-hydrogen) atoms. The Kier molecular flexibility index (Phi) is 6.40. The Labute approximate surface area is 172 Å². The maximum absolute atomic E-state index is 12.7. The van der Waals surface area contributed by atoms with Crippen molar-refractivity contribution in [2.45, 2.75) is 51.5 Å². The van der Waals surface area contributed by atoms with Gasteiger partial charge in [0.25, 0.3) is 0 Å². The van der Waals surface area contributed by atoms with Crippen molar-refractivity contribution in [2.75, 3.05) is 11.1 Å². The van der Waals surface area contributed by atoms with Crippen LogP contribution in [-0.4, -0.2) is 16.6 Å². The number of fused-ring (bicyclic) bond motifs is 1. The second-order valence-electron chi connectivity index (χ2n) is 7.75. The fourth-order valence-electron chi connectivity index (χ4n) is 3.40. The third kappa shape index (κ3) is 4.56. The number of aryl methyl sites for hydroxylation is 1. The summed E-state index contributed by atoms with van der Waals surface area (Å²) in [5.74, 6) is 1.06. The van der Waals surface area contributed by atoms with Crippen LogP contribution in [0.3, 0.4) is 0 Å². The molecule has 4 heteroatoms. The van der Waals surface area contributed by atoms with Gasteiger partial charge < -0.3 is 5.32 Å². The van der Waals surface area contributed by atoms with Crippen molar-refractivity contribution in [2.24, 2.45) is 0 Å². The second-order valence-corrected chi connectivity index (χ2v) is 8.75. The summed E-state index contributed by atoms with van der Waals surface area (Å²) in [6.07, 6.45) is 0. The van der Waals surface area contributed by atoms with Crippen molar-refractivity contribution in [1.29, 1.82) is 0 Å². The Bertz CT molecular complexity index is 969. The van der Waals surface area contributed by atoms with E-state index in [1.807, 2.05) is 18.2 Å². The number of carbonyl (C=O) groups is 1. The summed E-state index contributed by atoms with van der Waals surface area (Å²) < 4.78 is 0. The molecule has 1 N–H and O–H groups in total. The van der Waals surface area contributed by atoms with Gasteiger partial charge in [-0.2, -0.15) is 0 Å². The van der Waals surface area contributed by atoms with Crippen molar-refractivity contribution in [3.8, 4) is 0 Å². The average Bonchev–Trinajstić information content (AvgIpc) is 2.66. The van der Waals surface area contributed by atoms with Gasteiger partial charge in [-0.05, 0) is 47.6 Å². The van der Waals surface area contributed by atoms with Crippen LogP contribution >= 0.6 is 11.8 Å². The van der Waals surface area contributed by atoms with Crippen LogP contribution in [0.2, 0.25) is 0 Å². The van der Waals surface area contributed by atoms with Crippen molar-refractivity contribution in [3.63, 3.8) is 0 Å². The standard InChI is InChI=1S/C24H28N2OS/c1-15(2)18-10-8-11-19(16(3)4)24(18)26-22(27)14-28-23-13-17(5)20-9-6-7-12-21(20)25-23/h6-13,15-16H,14H2,1-5H3,(H,26,27). The number of nitrogens with zero attached hydrogens (tertiary/aromatic N) is 1. The Morgan fingerprint density at radius 3 is 2.29 bits per heavy atom. The monoisotopic (exact) mass is 392 g/mol. The predicted octanol–water partition coefficient (Wildman–Crippen LogP) is 6.52. The lowest BCUT2D eigenvalue weighted by Crippen LogP contribution is -2.17. The van der Waals surface area contributed by atoms with Gasteiger partial charge in [0.1, 0.15) is 0 Å². The van der Waals surface area contributed by atoms with Crippen LogP contribution in [0.15, 0.2) is 53.6 Å². The number of pyridine rings is 1. The molecule has 0 aliphatic heterocycles. The number of thioether (sulfide) groups is 1. The number of carbonyl (C=O) groups excluding carboxylic acids is 1. The summed E-state index contributed by atoms with van der Waals surface area (Å²) in [5, 5.41) is 5.21. The predicted molar refractivity (Wildman–Crippen MR) is 120 cm³/mol. The van der Waals surface area contributed by atoms with Crippen LogP contribution in [-0.2, 0) is 4.79 Å². The molecule has 146 valence electrons. The van der Waals surface area contributed by atoms with Gasteiger partial charge >= 0.3 is 0 Å². The normalized spacial score (nSPS) is 11.4. The number of benzene rings is 2. The van der Waals surface area contributed by atoms with Gasteiger partial charge in [-0.25, -0.2) is 4.98 Å². The maximum atomic E-state index is 12.7. The van der Waals surface area contributed by atoms with E-state index in [9.17, 15) is 4.79 Å². The third-order valence-electron chi connectivity index (χ3n) is 4.89. The van der Waals surface area contributed by atoms with E-state index < -0.39 is 0 Å². The van der Waals surface area contributed by atoms with Gasteiger partial charge in [0.15, 0.2) is 0 Å². The topological polar surface area (TPSA) is 42.0 Å². The molecule has 0 atom stereocenters. The fraction of sp³-hybridized carbons (Fsp3) is 0.333. The largest absolute Gasteiger partial charge is 0.325 e. The molecule has 0 radical (unpaired) electrons. The Morgan fingerprint density at radius 2 is 1.64 bits per heavy atom. The molecular weight excluding hydrogens is 364 g/mol. The molecule has 0 saturated heterocycles. The van der Waals surface area contributed by atoms with E-state index in [1.54, 1.807) is 0 Å². The third-order valence-corrected chi connectivity index (χ3v) is 5.80. The molecule has 0 saturated carbocycles. The number of amides is 1. The van der Waals surface area contributed by atoms with Crippen molar-refractivity contribution < 1.29 is 4.79 Å². The first-order valence-corrected chi connectivity index (χ1v) is 10.8. The molecular formula is C24H28N2OS. The summed E-state index contributed by atoms with van der Waals surface area (Å²) in [4.78, 5) is 17.4. The minimum absolute atomic E-state index is 0.00705. The van der Waals surface area contributed by atoms with Crippen LogP contribution in [0, 0.1) is 6.92 Å². The summed E-state index contributed by atoms with van der Waals surface area (Å²) in [6.45, 7) is 10.7. The summed E-state index contributed by atoms with van der Waals surface area (Å²) in [5.41, 5.74) is 5.49. The highest BCUT2D eigenvalue weighted by atomic mass is 32.2. The minimum atomic E-state index is 0.00705. The fourth-order valence-corrected chi connectivity index (χ4v) is 4.18. The molecule has 1 amide bonds. The van der Waals surface area contributed by atoms with Crippen LogP contribution in [0.4, 0.5) is 5.69 Å². The number of para-hydroxylation sites is 2. The van der Waals surface area contributed by atoms with Gasteiger partial charge in [-0.15, -0.1) is 0 Å². The highest BCUT2D eigenvalue weighted by molar-refractivity contribution is 7.99. The van der Waals surface area contributed by atoms with E-state index in [0.29, 0.717) is 17.6 Å². The molecule has 0 spiro atoms. The minimum Gasteiger partial charge on any atom is -0.325 e. The SMILES string of the molecule is Cc1cc(SCC(=O)Nc2c(C(C)C)cccc2C(C)C)nc2ccccc12. The van der Waals surface area contributed by atoms with Gasteiger partial charge in [0.2, 0.25) is 5.91 Å². The number of anilines is 1. The molecule has 0 aliphatic rings. The van der Waals surface area contributed by atoms with Crippen LogP contribution in [0.1, 0.15) is 56.2 Å². The van der Waals surface area contributed by atoms with E-state index in [2.05, 4.69) is 75.3 Å². The molecule has 0 aliphatic carbocycles. The maximum Gasteiger partial charge on any atom is 0.234 e. The highest BCUT2D eigenvalue weighted by Crippen LogP contribution is 2.32. The first-order valence-electron chi connectivity index (χ1n) is 9.78. The lowest BCUT2D eigenvalue weighted by Gasteiger charge is -2.20. The quantitative estimate of drug-likeness (QED) is 0.486. The Balaban J connectivity index is 1.77. The molecule has 0 bridgehead atoms. The molecule has 3 rings (SSSR count). The zero-order valence-electron chi connectivity index (χ0n) is 17.2.